The van der Waals surface area contributed by atoms with Crippen LogP contribution in [0.15, 0.2) is 18.2 Å². The third kappa shape index (κ3) is 6.62. The topological polar surface area (TPSA) is 21.3 Å². The van der Waals surface area contributed by atoms with E-state index < -0.39 is 0 Å². The molecule has 114 valence electrons. The molecule has 1 rings (SSSR count). The zero-order valence-electron chi connectivity index (χ0n) is 12.9. The SMILES string of the molecule is CCCCCCCCOc1c(Cl)cccc1CNCC. The van der Waals surface area contributed by atoms with Crippen LogP contribution in [0.1, 0.15) is 57.9 Å². The Bertz CT molecular complexity index is 368. The first-order valence-corrected chi connectivity index (χ1v) is 8.28. The highest BCUT2D eigenvalue weighted by Gasteiger charge is 2.07. The summed E-state index contributed by atoms with van der Waals surface area (Å²) in [5.74, 6) is 0.851. The molecule has 0 aliphatic rings. The van der Waals surface area contributed by atoms with Crippen LogP contribution in [-0.2, 0) is 6.54 Å². The van der Waals surface area contributed by atoms with Gasteiger partial charge in [0, 0.05) is 12.1 Å². The Morgan fingerprint density at radius 2 is 1.80 bits per heavy atom. The van der Waals surface area contributed by atoms with Crippen molar-refractivity contribution in [1.82, 2.24) is 5.32 Å². The van der Waals surface area contributed by atoms with Gasteiger partial charge in [-0.2, -0.15) is 0 Å². The van der Waals surface area contributed by atoms with E-state index in [1.165, 1.54) is 32.1 Å². The van der Waals surface area contributed by atoms with Crippen LogP contribution in [0.4, 0.5) is 0 Å². The van der Waals surface area contributed by atoms with Crippen LogP contribution in [0, 0.1) is 0 Å². The van der Waals surface area contributed by atoms with Crippen LogP contribution in [0.2, 0.25) is 5.02 Å². The molecule has 0 aromatic heterocycles. The summed E-state index contributed by atoms with van der Waals surface area (Å²) in [6.45, 7) is 6.86. The fourth-order valence-corrected chi connectivity index (χ4v) is 2.42. The molecule has 0 fully saturated rings. The molecule has 3 heteroatoms. The fourth-order valence-electron chi connectivity index (χ4n) is 2.17. The highest BCUT2D eigenvalue weighted by molar-refractivity contribution is 6.32. The quantitative estimate of drug-likeness (QED) is 0.568. The van der Waals surface area contributed by atoms with Gasteiger partial charge in [0.2, 0.25) is 0 Å². The van der Waals surface area contributed by atoms with Crippen LogP contribution in [-0.4, -0.2) is 13.2 Å². The molecule has 1 N–H and O–H groups in total. The maximum Gasteiger partial charge on any atom is 0.142 e. The van der Waals surface area contributed by atoms with Gasteiger partial charge in [0.1, 0.15) is 5.75 Å². The summed E-state index contributed by atoms with van der Waals surface area (Å²) in [7, 11) is 0. The standard InChI is InChI=1S/C17H28ClNO/c1-3-5-6-7-8-9-13-20-17-15(14-19-4-2)11-10-12-16(17)18/h10-12,19H,3-9,13-14H2,1-2H3. The van der Waals surface area contributed by atoms with E-state index >= 15 is 0 Å². The molecule has 0 saturated carbocycles. The second kappa shape index (κ2) is 11.0. The third-order valence-electron chi connectivity index (χ3n) is 3.36. The van der Waals surface area contributed by atoms with Gasteiger partial charge in [-0.15, -0.1) is 0 Å². The van der Waals surface area contributed by atoms with Gasteiger partial charge in [-0.25, -0.2) is 0 Å². The van der Waals surface area contributed by atoms with E-state index in [0.29, 0.717) is 5.02 Å². The zero-order chi connectivity index (χ0) is 14.6. The number of hydrogen-bond acceptors (Lipinski definition) is 2. The Hall–Kier alpha value is -0.730. The van der Waals surface area contributed by atoms with Crippen molar-refractivity contribution < 1.29 is 4.74 Å². The first-order chi connectivity index (χ1) is 9.79. The summed E-state index contributed by atoms with van der Waals surface area (Å²) in [5.41, 5.74) is 1.14. The molecular weight excluding hydrogens is 270 g/mol. The van der Waals surface area contributed by atoms with Crippen molar-refractivity contribution in [3.63, 3.8) is 0 Å². The van der Waals surface area contributed by atoms with Gasteiger partial charge in [0.25, 0.3) is 0 Å². The largest absolute Gasteiger partial charge is 0.492 e. The molecular formula is C17H28ClNO. The van der Waals surface area contributed by atoms with Crippen LogP contribution in [0.3, 0.4) is 0 Å². The number of nitrogens with one attached hydrogen (secondary N) is 1. The monoisotopic (exact) mass is 297 g/mol. The number of para-hydroxylation sites is 1. The summed E-state index contributed by atoms with van der Waals surface area (Å²) in [6.07, 6.45) is 7.64. The minimum atomic E-state index is 0.714. The van der Waals surface area contributed by atoms with Gasteiger partial charge in [0.15, 0.2) is 0 Å². The lowest BCUT2D eigenvalue weighted by atomic mass is 10.1. The number of ether oxygens (including phenoxy) is 1. The lowest BCUT2D eigenvalue weighted by Gasteiger charge is -2.13. The van der Waals surface area contributed by atoms with Gasteiger partial charge in [-0.05, 0) is 19.0 Å². The molecule has 0 bridgehead atoms. The van der Waals surface area contributed by atoms with Gasteiger partial charge < -0.3 is 10.1 Å². The Labute approximate surface area is 128 Å². The van der Waals surface area contributed by atoms with Crippen molar-refractivity contribution in [2.45, 2.75) is 58.9 Å². The molecule has 1 aromatic rings. The van der Waals surface area contributed by atoms with Gasteiger partial charge in [0.05, 0.1) is 11.6 Å². The van der Waals surface area contributed by atoms with E-state index in [1.807, 2.05) is 12.1 Å². The summed E-state index contributed by atoms with van der Waals surface area (Å²) >= 11 is 6.24. The first-order valence-electron chi connectivity index (χ1n) is 7.90. The summed E-state index contributed by atoms with van der Waals surface area (Å²) in [6, 6.07) is 5.95. The molecule has 0 unspecified atom stereocenters. The van der Waals surface area contributed by atoms with E-state index in [4.69, 9.17) is 16.3 Å². The Morgan fingerprint density at radius 3 is 2.55 bits per heavy atom. The molecule has 0 amide bonds. The van der Waals surface area contributed by atoms with Gasteiger partial charge in [-0.3, -0.25) is 0 Å². The van der Waals surface area contributed by atoms with Crippen LogP contribution >= 0.6 is 11.6 Å². The summed E-state index contributed by atoms with van der Waals surface area (Å²) in [4.78, 5) is 0. The van der Waals surface area contributed by atoms with E-state index in [1.54, 1.807) is 0 Å². The average Bonchev–Trinajstić information content (AvgIpc) is 2.46. The molecule has 0 heterocycles. The van der Waals surface area contributed by atoms with Crippen molar-refractivity contribution in [1.29, 1.82) is 0 Å². The number of unbranched alkanes of at least 4 members (excludes halogenated alkanes) is 5. The molecule has 0 aliphatic heterocycles. The van der Waals surface area contributed by atoms with Crippen LogP contribution in [0.25, 0.3) is 0 Å². The normalized spacial score (nSPS) is 10.8. The molecule has 0 radical (unpaired) electrons. The van der Waals surface area contributed by atoms with Crippen LogP contribution in [0.5, 0.6) is 5.75 Å². The zero-order valence-corrected chi connectivity index (χ0v) is 13.6. The Morgan fingerprint density at radius 1 is 1.05 bits per heavy atom. The molecule has 0 spiro atoms. The minimum absolute atomic E-state index is 0.714. The molecule has 0 atom stereocenters. The highest BCUT2D eigenvalue weighted by Crippen LogP contribution is 2.28. The van der Waals surface area contributed by atoms with Crippen molar-refractivity contribution in [2.75, 3.05) is 13.2 Å². The van der Waals surface area contributed by atoms with E-state index in [2.05, 4.69) is 25.2 Å². The number of rotatable bonds is 11. The summed E-state index contributed by atoms with van der Waals surface area (Å²) in [5, 5.41) is 4.03. The smallest absolute Gasteiger partial charge is 0.142 e. The Kier molecular flexibility index (Phi) is 9.52. The lowest BCUT2D eigenvalue weighted by molar-refractivity contribution is 0.301. The maximum absolute atomic E-state index is 6.24. The molecule has 20 heavy (non-hydrogen) atoms. The molecule has 0 saturated heterocycles. The average molecular weight is 298 g/mol. The second-order valence-electron chi connectivity index (χ2n) is 5.12. The van der Waals surface area contributed by atoms with Crippen molar-refractivity contribution >= 4 is 11.6 Å². The number of hydrogen-bond donors (Lipinski definition) is 1. The Balaban J connectivity index is 2.34. The van der Waals surface area contributed by atoms with Gasteiger partial charge in [-0.1, -0.05) is 69.7 Å². The third-order valence-corrected chi connectivity index (χ3v) is 3.66. The van der Waals surface area contributed by atoms with Crippen molar-refractivity contribution in [3.05, 3.63) is 28.8 Å². The highest BCUT2D eigenvalue weighted by atomic mass is 35.5. The van der Waals surface area contributed by atoms with E-state index in [9.17, 15) is 0 Å². The lowest BCUT2D eigenvalue weighted by Crippen LogP contribution is -2.13. The minimum Gasteiger partial charge on any atom is -0.492 e. The van der Waals surface area contributed by atoms with Crippen molar-refractivity contribution in [3.8, 4) is 5.75 Å². The van der Waals surface area contributed by atoms with E-state index in [0.717, 1.165) is 37.4 Å². The number of benzene rings is 1. The second-order valence-corrected chi connectivity index (χ2v) is 5.53. The van der Waals surface area contributed by atoms with Gasteiger partial charge >= 0.3 is 0 Å². The maximum atomic E-state index is 6.24. The number of halogens is 1. The first kappa shape index (κ1) is 17.3. The van der Waals surface area contributed by atoms with Crippen LogP contribution < -0.4 is 10.1 Å². The fraction of sp³-hybridized carbons (Fsp3) is 0.647. The molecule has 0 aliphatic carbocycles. The predicted molar refractivity (Wildman–Crippen MR) is 87.7 cm³/mol. The van der Waals surface area contributed by atoms with E-state index in [-0.39, 0.29) is 0 Å². The summed E-state index contributed by atoms with van der Waals surface area (Å²) < 4.78 is 5.90. The molecule has 1 aromatic carbocycles. The van der Waals surface area contributed by atoms with Crippen molar-refractivity contribution in [2.24, 2.45) is 0 Å². The predicted octanol–water partition coefficient (Wildman–Crippen LogP) is 5.19. The molecule has 2 nitrogen and oxygen atoms in total.